The number of amides is 1. The number of fused-ring (bicyclic) bond motifs is 5. The van der Waals surface area contributed by atoms with Gasteiger partial charge in [0.15, 0.2) is 5.65 Å². The first-order valence-corrected chi connectivity index (χ1v) is 13.5. The van der Waals surface area contributed by atoms with Gasteiger partial charge < -0.3 is 10.7 Å². The van der Waals surface area contributed by atoms with Gasteiger partial charge in [0.2, 0.25) is 5.91 Å². The fourth-order valence-electron chi connectivity index (χ4n) is 6.77. The van der Waals surface area contributed by atoms with Crippen molar-refractivity contribution < 1.29 is 4.79 Å². The van der Waals surface area contributed by atoms with Crippen LogP contribution in [0, 0.1) is 26.7 Å². The van der Waals surface area contributed by atoms with E-state index in [0.717, 1.165) is 18.6 Å². The third-order valence-electron chi connectivity index (χ3n) is 8.58. The summed E-state index contributed by atoms with van der Waals surface area (Å²) in [5.74, 6) is 1.35. The van der Waals surface area contributed by atoms with Crippen LogP contribution in [0.4, 0.5) is 0 Å². The standard InChI is InChI=1S/C27H34N6OS/c1-13(2)22-23-16(5)25(19-8-18-7-6-17(19)9-32(18)11-21(28)34)35-27(23)31-24(22)20-10-33-26(29-12-30-33)15(4)14(20)3/h10,12-13,17-19,31H,6-9,11H2,1-5H3,(H2,28,34)/t17-,18?,19+/m0/s1. The first-order chi connectivity index (χ1) is 16.7. The molecule has 0 spiro atoms. The van der Waals surface area contributed by atoms with Crippen molar-refractivity contribution in [1.29, 1.82) is 0 Å². The van der Waals surface area contributed by atoms with E-state index in [1.54, 1.807) is 6.33 Å². The van der Waals surface area contributed by atoms with Crippen LogP contribution in [0.15, 0.2) is 12.5 Å². The topological polar surface area (TPSA) is 92.3 Å². The molecule has 3 N–H and O–H groups in total. The van der Waals surface area contributed by atoms with Crippen LogP contribution in [-0.2, 0) is 4.79 Å². The lowest BCUT2D eigenvalue weighted by Crippen LogP contribution is -2.53. The Morgan fingerprint density at radius 2 is 2.03 bits per heavy atom. The molecule has 4 aromatic heterocycles. The third kappa shape index (κ3) is 3.44. The van der Waals surface area contributed by atoms with Gasteiger partial charge in [-0.1, -0.05) is 13.8 Å². The molecular weight excluding hydrogens is 456 g/mol. The number of carbonyl (C=O) groups excluding carboxylic acids is 1. The number of H-pyrrole nitrogens is 1. The van der Waals surface area contributed by atoms with Crippen LogP contribution in [0.25, 0.3) is 27.1 Å². The smallest absolute Gasteiger partial charge is 0.231 e. The van der Waals surface area contributed by atoms with E-state index in [1.165, 1.54) is 61.4 Å². The molecule has 3 atom stereocenters. The number of hydrogen-bond donors (Lipinski definition) is 2. The molecule has 4 aromatic rings. The minimum atomic E-state index is -0.210. The fraction of sp³-hybridized carbons (Fsp3) is 0.519. The molecule has 1 aliphatic carbocycles. The second-order valence-electron chi connectivity index (χ2n) is 10.9. The number of nitrogens with zero attached hydrogens (tertiary/aromatic N) is 4. The van der Waals surface area contributed by atoms with Gasteiger partial charge in [-0.3, -0.25) is 9.69 Å². The van der Waals surface area contributed by atoms with Gasteiger partial charge in [-0.25, -0.2) is 9.50 Å². The zero-order valence-electron chi connectivity index (χ0n) is 21.2. The lowest BCUT2D eigenvalue weighted by atomic mass is 9.70. The van der Waals surface area contributed by atoms with Gasteiger partial charge in [-0.05, 0) is 80.0 Å². The highest BCUT2D eigenvalue weighted by Gasteiger charge is 2.42. The van der Waals surface area contributed by atoms with Gasteiger partial charge in [-0.15, -0.1) is 11.3 Å². The van der Waals surface area contributed by atoms with Gasteiger partial charge in [0.1, 0.15) is 11.2 Å². The maximum Gasteiger partial charge on any atom is 0.231 e. The lowest BCUT2D eigenvalue weighted by molar-refractivity contribution is -0.121. The highest BCUT2D eigenvalue weighted by molar-refractivity contribution is 7.19. The summed E-state index contributed by atoms with van der Waals surface area (Å²) in [6, 6.07) is 0.470. The van der Waals surface area contributed by atoms with Gasteiger partial charge in [0.25, 0.3) is 0 Å². The second kappa shape index (κ2) is 8.17. The second-order valence-corrected chi connectivity index (χ2v) is 12.0. The number of hydrogen-bond acceptors (Lipinski definition) is 5. The summed E-state index contributed by atoms with van der Waals surface area (Å²) < 4.78 is 1.89. The molecule has 0 radical (unpaired) electrons. The average molecular weight is 491 g/mol. The molecule has 2 bridgehead atoms. The molecule has 0 aromatic carbocycles. The summed E-state index contributed by atoms with van der Waals surface area (Å²) in [6.45, 7) is 12.6. The number of nitrogens with one attached hydrogen (secondary N) is 1. The summed E-state index contributed by atoms with van der Waals surface area (Å²) in [4.78, 5) is 25.0. The van der Waals surface area contributed by atoms with Gasteiger partial charge in [0, 0.05) is 34.6 Å². The monoisotopic (exact) mass is 490 g/mol. The quantitative estimate of drug-likeness (QED) is 0.410. The van der Waals surface area contributed by atoms with Crippen molar-refractivity contribution >= 4 is 33.1 Å². The predicted molar refractivity (Wildman–Crippen MR) is 141 cm³/mol. The number of nitrogens with two attached hydrogens (primary N) is 1. The zero-order chi connectivity index (χ0) is 24.6. The molecule has 6 heterocycles. The van der Waals surface area contributed by atoms with Crippen LogP contribution in [0.2, 0.25) is 0 Å². The molecule has 2 saturated heterocycles. The number of pyridine rings is 1. The van der Waals surface area contributed by atoms with Gasteiger partial charge >= 0.3 is 0 Å². The molecule has 35 heavy (non-hydrogen) atoms. The van der Waals surface area contributed by atoms with E-state index in [2.05, 4.69) is 60.8 Å². The van der Waals surface area contributed by atoms with E-state index in [-0.39, 0.29) is 5.91 Å². The van der Waals surface area contributed by atoms with Crippen molar-refractivity contribution in [2.45, 2.75) is 71.8 Å². The number of aryl methyl sites for hydroxylation is 2. The molecule has 3 fully saturated rings. The molecule has 1 amide bonds. The largest absolute Gasteiger partial charge is 0.369 e. The minimum Gasteiger partial charge on any atom is -0.369 e. The molecule has 184 valence electrons. The number of primary amides is 1. The van der Waals surface area contributed by atoms with Gasteiger partial charge in [-0.2, -0.15) is 5.10 Å². The van der Waals surface area contributed by atoms with E-state index < -0.39 is 0 Å². The van der Waals surface area contributed by atoms with Crippen molar-refractivity contribution in [1.82, 2.24) is 24.5 Å². The zero-order valence-corrected chi connectivity index (χ0v) is 22.0. The SMILES string of the molecule is Cc1c(-c2[nH]c3sc([C@@H]4CC5CC[C@H]4CN5CC(N)=O)c(C)c3c2C(C)C)cn2ncnc2c1C. The summed E-state index contributed by atoms with van der Waals surface area (Å²) in [5.41, 5.74) is 14.1. The fourth-order valence-corrected chi connectivity index (χ4v) is 8.21. The maximum atomic E-state index is 11.6. The van der Waals surface area contributed by atoms with Crippen LogP contribution in [0.3, 0.4) is 0 Å². The minimum absolute atomic E-state index is 0.210. The first kappa shape index (κ1) is 22.7. The maximum absolute atomic E-state index is 11.6. The first-order valence-electron chi connectivity index (χ1n) is 12.7. The molecule has 2 aliphatic heterocycles. The van der Waals surface area contributed by atoms with Crippen LogP contribution >= 0.6 is 11.3 Å². The Morgan fingerprint density at radius 1 is 1.23 bits per heavy atom. The number of thiophene rings is 1. The van der Waals surface area contributed by atoms with E-state index in [4.69, 9.17) is 5.73 Å². The van der Waals surface area contributed by atoms with Crippen LogP contribution in [0.5, 0.6) is 0 Å². The molecule has 7 rings (SSSR count). The van der Waals surface area contributed by atoms with Crippen molar-refractivity contribution in [2.24, 2.45) is 11.7 Å². The van der Waals surface area contributed by atoms with Crippen LogP contribution < -0.4 is 5.73 Å². The molecule has 1 unspecified atom stereocenters. The number of rotatable bonds is 5. The molecule has 7 nitrogen and oxygen atoms in total. The number of carbonyl (C=O) groups is 1. The number of aromatic nitrogens is 4. The summed E-state index contributed by atoms with van der Waals surface area (Å²) in [7, 11) is 0. The van der Waals surface area contributed by atoms with Crippen LogP contribution in [-0.4, -0.2) is 49.5 Å². The van der Waals surface area contributed by atoms with E-state index in [0.29, 0.717) is 30.3 Å². The van der Waals surface area contributed by atoms with E-state index >= 15 is 0 Å². The molecule has 3 aliphatic rings. The Kier molecular flexibility index (Phi) is 5.30. The average Bonchev–Trinajstić information content (AvgIpc) is 3.51. The molecule has 8 heteroatoms. The molecular formula is C27H34N6OS. The summed E-state index contributed by atoms with van der Waals surface area (Å²) in [5, 5.41) is 5.83. The lowest BCUT2D eigenvalue weighted by Gasteiger charge is -2.49. The highest BCUT2D eigenvalue weighted by atomic mass is 32.1. The predicted octanol–water partition coefficient (Wildman–Crippen LogP) is 5.04. The summed E-state index contributed by atoms with van der Waals surface area (Å²) >= 11 is 1.95. The third-order valence-corrected chi connectivity index (χ3v) is 9.92. The normalized spacial score (nSPS) is 22.7. The van der Waals surface area contributed by atoms with Crippen molar-refractivity contribution in [3.05, 3.63) is 39.7 Å². The van der Waals surface area contributed by atoms with E-state index in [9.17, 15) is 4.79 Å². The Balaban J connectivity index is 1.44. The van der Waals surface area contributed by atoms with Crippen molar-refractivity contribution in [2.75, 3.05) is 13.1 Å². The molecule has 1 saturated carbocycles. The van der Waals surface area contributed by atoms with Crippen molar-refractivity contribution in [3.8, 4) is 11.3 Å². The Morgan fingerprint density at radius 3 is 2.71 bits per heavy atom. The van der Waals surface area contributed by atoms with Crippen LogP contribution in [0.1, 0.15) is 72.1 Å². The van der Waals surface area contributed by atoms with E-state index in [1.807, 2.05) is 15.9 Å². The summed E-state index contributed by atoms with van der Waals surface area (Å²) in [6.07, 6.45) is 7.31. The Bertz CT molecular complexity index is 1460. The Labute approximate surface area is 209 Å². The number of piperidine rings is 2. The number of aromatic amines is 1. The van der Waals surface area contributed by atoms with Crippen molar-refractivity contribution in [3.63, 3.8) is 0 Å². The highest BCUT2D eigenvalue weighted by Crippen LogP contribution is 2.51. The van der Waals surface area contributed by atoms with Gasteiger partial charge in [0.05, 0.1) is 12.2 Å². The Hall–Kier alpha value is -2.71.